The molecule has 1 aliphatic carbocycles. The lowest BCUT2D eigenvalue weighted by Gasteiger charge is -2.26. The van der Waals surface area contributed by atoms with Crippen LogP contribution >= 0.6 is 23.7 Å². The standard InChI is InChI=1S/C20H26N4S2/c1-3-20(15-6-4-7-16(12-15)23-25-2)17-13-24(14-18(17)20)10-11-26-19-21-8-5-9-22-19/h4-9,12,17-18,23H,3,10-11,13-14H2,1-2H3. The predicted molar refractivity (Wildman–Crippen MR) is 112 cm³/mol. The minimum atomic E-state index is 0.405. The highest BCUT2D eigenvalue weighted by molar-refractivity contribution is 7.99. The van der Waals surface area contributed by atoms with Crippen molar-refractivity contribution in [2.45, 2.75) is 23.9 Å². The summed E-state index contributed by atoms with van der Waals surface area (Å²) in [6.45, 7) is 5.95. The second-order valence-electron chi connectivity index (χ2n) is 7.13. The van der Waals surface area contributed by atoms with Crippen molar-refractivity contribution in [3.8, 4) is 0 Å². The first kappa shape index (κ1) is 18.1. The highest BCUT2D eigenvalue weighted by atomic mass is 32.2. The Labute approximate surface area is 164 Å². The van der Waals surface area contributed by atoms with E-state index in [0.717, 1.165) is 29.3 Å². The van der Waals surface area contributed by atoms with Crippen molar-refractivity contribution in [1.82, 2.24) is 14.9 Å². The lowest BCUT2D eigenvalue weighted by molar-refractivity contribution is 0.284. The molecule has 1 saturated heterocycles. The van der Waals surface area contributed by atoms with Crippen LogP contribution in [0.1, 0.15) is 18.9 Å². The Morgan fingerprint density at radius 1 is 1.19 bits per heavy atom. The largest absolute Gasteiger partial charge is 0.330 e. The van der Waals surface area contributed by atoms with Gasteiger partial charge in [0.05, 0.1) is 0 Å². The van der Waals surface area contributed by atoms with Crippen molar-refractivity contribution >= 4 is 29.4 Å². The molecule has 1 aromatic heterocycles. The minimum absolute atomic E-state index is 0.405. The van der Waals surface area contributed by atoms with E-state index in [1.165, 1.54) is 30.8 Å². The van der Waals surface area contributed by atoms with Gasteiger partial charge in [-0.25, -0.2) is 9.97 Å². The molecule has 0 radical (unpaired) electrons. The number of aromatic nitrogens is 2. The molecule has 2 atom stereocenters. The quantitative estimate of drug-likeness (QED) is 0.417. The molecule has 4 rings (SSSR count). The summed E-state index contributed by atoms with van der Waals surface area (Å²) in [6, 6.07) is 10.9. The fraction of sp³-hybridized carbons (Fsp3) is 0.500. The maximum atomic E-state index is 4.29. The molecule has 0 bridgehead atoms. The summed E-state index contributed by atoms with van der Waals surface area (Å²) in [5.41, 5.74) is 3.16. The molecule has 1 aromatic carbocycles. The van der Waals surface area contributed by atoms with Crippen molar-refractivity contribution < 1.29 is 0 Å². The van der Waals surface area contributed by atoms with Crippen LogP contribution in [0.15, 0.2) is 47.9 Å². The first-order valence-corrected chi connectivity index (χ1v) is 11.5. The number of hydrogen-bond acceptors (Lipinski definition) is 6. The lowest BCUT2D eigenvalue weighted by atomic mass is 9.87. The van der Waals surface area contributed by atoms with Crippen molar-refractivity contribution in [1.29, 1.82) is 0 Å². The zero-order valence-electron chi connectivity index (χ0n) is 15.4. The highest BCUT2D eigenvalue weighted by Crippen LogP contribution is 2.65. The van der Waals surface area contributed by atoms with E-state index in [-0.39, 0.29) is 0 Å². The number of thioether (sulfide) groups is 1. The fourth-order valence-corrected chi connectivity index (χ4v) is 5.94. The molecule has 4 nitrogen and oxygen atoms in total. The van der Waals surface area contributed by atoms with Gasteiger partial charge < -0.3 is 9.62 Å². The van der Waals surface area contributed by atoms with Gasteiger partial charge in [-0.15, -0.1) is 0 Å². The normalized spacial score (nSPS) is 27.3. The molecule has 2 aliphatic rings. The number of hydrogen-bond donors (Lipinski definition) is 1. The molecule has 26 heavy (non-hydrogen) atoms. The van der Waals surface area contributed by atoms with Gasteiger partial charge in [0.1, 0.15) is 0 Å². The number of anilines is 1. The second-order valence-corrected chi connectivity index (χ2v) is 8.81. The van der Waals surface area contributed by atoms with E-state index in [9.17, 15) is 0 Å². The number of likely N-dealkylation sites (tertiary alicyclic amines) is 1. The number of piperidine rings is 1. The van der Waals surface area contributed by atoms with E-state index >= 15 is 0 Å². The van der Waals surface area contributed by atoms with Gasteiger partial charge in [-0.05, 0) is 42.0 Å². The summed E-state index contributed by atoms with van der Waals surface area (Å²) in [4.78, 5) is 11.2. The van der Waals surface area contributed by atoms with Gasteiger partial charge in [0.25, 0.3) is 0 Å². The summed E-state index contributed by atoms with van der Waals surface area (Å²) in [5, 5.41) is 0.887. The third-order valence-electron chi connectivity index (χ3n) is 6.00. The molecule has 2 heterocycles. The molecule has 2 aromatic rings. The summed E-state index contributed by atoms with van der Waals surface area (Å²) >= 11 is 3.42. The fourth-order valence-electron chi connectivity index (χ4n) is 4.77. The Kier molecular flexibility index (Phi) is 5.43. The van der Waals surface area contributed by atoms with Crippen LogP contribution in [0.5, 0.6) is 0 Å². The van der Waals surface area contributed by atoms with Crippen LogP contribution in [0.2, 0.25) is 0 Å². The predicted octanol–water partition coefficient (Wildman–Crippen LogP) is 4.17. The van der Waals surface area contributed by atoms with Gasteiger partial charge in [-0.2, -0.15) is 0 Å². The van der Waals surface area contributed by atoms with Crippen LogP contribution in [-0.4, -0.2) is 46.5 Å². The summed E-state index contributed by atoms with van der Waals surface area (Å²) in [7, 11) is 0. The SMILES string of the molecule is CCC1(c2cccc(NSC)c2)C2CN(CCSc3ncccn3)CC21. The molecule has 1 saturated carbocycles. The van der Waals surface area contributed by atoms with Gasteiger partial charge in [0.15, 0.2) is 5.16 Å². The molecule has 1 aliphatic heterocycles. The Morgan fingerprint density at radius 3 is 2.65 bits per heavy atom. The van der Waals surface area contributed by atoms with Crippen LogP contribution in [0, 0.1) is 11.8 Å². The van der Waals surface area contributed by atoms with Crippen LogP contribution < -0.4 is 4.72 Å². The van der Waals surface area contributed by atoms with Gasteiger partial charge in [0.2, 0.25) is 0 Å². The minimum Gasteiger partial charge on any atom is -0.330 e. The molecule has 1 N–H and O–H groups in total. The van der Waals surface area contributed by atoms with Gasteiger partial charge in [-0.3, -0.25) is 0 Å². The average molecular weight is 387 g/mol. The number of nitrogens with one attached hydrogen (secondary N) is 1. The third-order valence-corrected chi connectivity index (χ3v) is 7.29. The van der Waals surface area contributed by atoms with Crippen molar-refractivity contribution in [2.75, 3.05) is 36.4 Å². The topological polar surface area (TPSA) is 41.0 Å². The lowest BCUT2D eigenvalue weighted by Crippen LogP contribution is -2.31. The highest BCUT2D eigenvalue weighted by Gasteiger charge is 2.67. The number of rotatable bonds is 8. The van der Waals surface area contributed by atoms with Crippen molar-refractivity contribution in [3.63, 3.8) is 0 Å². The zero-order valence-corrected chi connectivity index (χ0v) is 17.0. The van der Waals surface area contributed by atoms with Crippen molar-refractivity contribution in [3.05, 3.63) is 48.3 Å². The molecule has 6 heteroatoms. The Bertz CT molecular complexity index is 728. The number of fused-ring (bicyclic) bond motifs is 1. The van der Waals surface area contributed by atoms with Crippen molar-refractivity contribution in [2.24, 2.45) is 11.8 Å². The van der Waals surface area contributed by atoms with Crippen LogP contribution in [-0.2, 0) is 5.41 Å². The van der Waals surface area contributed by atoms with E-state index < -0.39 is 0 Å². The second kappa shape index (κ2) is 7.79. The monoisotopic (exact) mass is 386 g/mol. The molecule has 138 valence electrons. The van der Waals surface area contributed by atoms with Crippen LogP contribution in [0.25, 0.3) is 0 Å². The molecule has 2 fully saturated rings. The molecule has 2 unspecified atom stereocenters. The Hall–Kier alpha value is -1.24. The first-order valence-electron chi connectivity index (χ1n) is 9.29. The maximum Gasteiger partial charge on any atom is 0.187 e. The van der Waals surface area contributed by atoms with Gasteiger partial charge in [0, 0.05) is 55.1 Å². The van der Waals surface area contributed by atoms with Gasteiger partial charge >= 0.3 is 0 Å². The summed E-state index contributed by atoms with van der Waals surface area (Å²) in [6.07, 6.45) is 6.95. The van der Waals surface area contributed by atoms with E-state index in [2.05, 4.69) is 57.0 Å². The zero-order chi connectivity index (χ0) is 18.0. The summed E-state index contributed by atoms with van der Waals surface area (Å²) in [5.74, 6) is 2.69. The Morgan fingerprint density at radius 2 is 1.96 bits per heavy atom. The van der Waals surface area contributed by atoms with E-state index in [4.69, 9.17) is 0 Å². The maximum absolute atomic E-state index is 4.29. The average Bonchev–Trinajstić information content (AvgIpc) is 3.06. The van der Waals surface area contributed by atoms with E-state index in [0.29, 0.717) is 5.41 Å². The van der Waals surface area contributed by atoms with Crippen LogP contribution in [0.4, 0.5) is 5.69 Å². The first-order chi connectivity index (χ1) is 12.8. The molecule has 0 spiro atoms. The smallest absolute Gasteiger partial charge is 0.187 e. The molecule has 0 amide bonds. The molecular weight excluding hydrogens is 360 g/mol. The number of benzene rings is 1. The van der Waals surface area contributed by atoms with Gasteiger partial charge in [-0.1, -0.05) is 42.8 Å². The number of nitrogens with zero attached hydrogens (tertiary/aromatic N) is 3. The molecular formula is C20H26N4S2. The van der Waals surface area contributed by atoms with Crippen LogP contribution in [0.3, 0.4) is 0 Å². The summed E-state index contributed by atoms with van der Waals surface area (Å²) < 4.78 is 3.38. The van der Waals surface area contributed by atoms with E-state index in [1.54, 1.807) is 23.7 Å². The van der Waals surface area contributed by atoms with E-state index in [1.807, 2.05) is 18.5 Å². The third kappa shape index (κ3) is 3.35. The Balaban J connectivity index is 1.34.